The summed E-state index contributed by atoms with van der Waals surface area (Å²) >= 11 is 4.75. The fourth-order valence-electron chi connectivity index (χ4n) is 2.30. The molecule has 92 valence electrons. The monoisotopic (exact) mass is 241 g/mol. The predicted octanol–water partition coefficient (Wildman–Crippen LogP) is 2.95. The summed E-state index contributed by atoms with van der Waals surface area (Å²) < 4.78 is 0. The predicted molar refractivity (Wildman–Crippen MR) is 73.5 cm³/mol. The number of hydrogen-bond acceptors (Lipinski definition) is 2. The van der Waals surface area contributed by atoms with E-state index >= 15 is 0 Å². The Balaban J connectivity index is 2.28. The highest BCUT2D eigenvalue weighted by Gasteiger charge is 2.21. The zero-order valence-corrected chi connectivity index (χ0v) is 11.0. The second-order valence-corrected chi connectivity index (χ2v) is 4.96. The number of hydrazone groups is 1. The van der Waals surface area contributed by atoms with Crippen LogP contribution in [0.1, 0.15) is 58.3 Å². The van der Waals surface area contributed by atoms with Crippen LogP contribution in [-0.2, 0) is 0 Å². The summed E-state index contributed by atoms with van der Waals surface area (Å²) in [7, 11) is 0. The summed E-state index contributed by atoms with van der Waals surface area (Å²) in [6.45, 7) is 2.24. The number of nitrogens with one attached hydrogen (secondary N) is 1. The molecule has 16 heavy (non-hydrogen) atoms. The highest BCUT2D eigenvalue weighted by atomic mass is 32.1. The molecule has 3 nitrogen and oxygen atoms in total. The molecule has 0 amide bonds. The lowest BCUT2D eigenvalue weighted by Crippen LogP contribution is -2.26. The second kappa shape index (κ2) is 7.60. The minimum Gasteiger partial charge on any atom is -0.375 e. The van der Waals surface area contributed by atoms with Crippen molar-refractivity contribution in [2.45, 2.75) is 58.3 Å². The van der Waals surface area contributed by atoms with Gasteiger partial charge in [0.05, 0.1) is 0 Å². The number of nitrogens with zero attached hydrogens (tertiary/aromatic N) is 1. The van der Waals surface area contributed by atoms with E-state index in [1.54, 1.807) is 0 Å². The first-order chi connectivity index (χ1) is 7.74. The highest BCUT2D eigenvalue weighted by molar-refractivity contribution is 7.80. The van der Waals surface area contributed by atoms with Gasteiger partial charge in [0.25, 0.3) is 0 Å². The molecular formula is C12H23N3S. The zero-order valence-electron chi connectivity index (χ0n) is 10.2. The zero-order chi connectivity index (χ0) is 11.8. The normalized spacial score (nSPS) is 22.6. The number of thiocarbonyl (C=S) groups is 1. The molecule has 1 saturated carbocycles. The molecule has 0 radical (unpaired) electrons. The quantitative estimate of drug-likeness (QED) is 0.427. The first-order valence-electron chi connectivity index (χ1n) is 6.36. The first kappa shape index (κ1) is 13.4. The van der Waals surface area contributed by atoms with Gasteiger partial charge in [-0.05, 0) is 43.8 Å². The molecule has 0 bridgehead atoms. The van der Waals surface area contributed by atoms with Crippen LogP contribution in [0.15, 0.2) is 5.10 Å². The van der Waals surface area contributed by atoms with Crippen molar-refractivity contribution in [2.24, 2.45) is 16.8 Å². The van der Waals surface area contributed by atoms with Gasteiger partial charge in [-0.3, -0.25) is 5.43 Å². The average Bonchev–Trinajstić information content (AvgIpc) is 2.69. The third-order valence-electron chi connectivity index (χ3n) is 3.17. The van der Waals surface area contributed by atoms with E-state index in [-0.39, 0.29) is 5.11 Å². The minimum absolute atomic E-state index is 0.268. The van der Waals surface area contributed by atoms with Crippen molar-refractivity contribution in [1.29, 1.82) is 0 Å². The molecule has 0 heterocycles. The van der Waals surface area contributed by atoms with Crippen LogP contribution in [-0.4, -0.2) is 10.8 Å². The molecule has 0 spiro atoms. The highest BCUT2D eigenvalue weighted by Crippen LogP contribution is 2.27. The van der Waals surface area contributed by atoms with Crippen LogP contribution in [0.2, 0.25) is 0 Å². The van der Waals surface area contributed by atoms with Crippen LogP contribution in [0, 0.1) is 5.92 Å². The first-order valence-corrected chi connectivity index (χ1v) is 6.76. The third-order valence-corrected chi connectivity index (χ3v) is 3.26. The molecule has 0 saturated heterocycles. The number of rotatable bonds is 6. The number of hydrogen-bond donors (Lipinski definition) is 2. The van der Waals surface area contributed by atoms with Gasteiger partial charge < -0.3 is 5.73 Å². The Kier molecular flexibility index (Phi) is 6.38. The smallest absolute Gasteiger partial charge is 0.184 e. The molecule has 1 atom stereocenters. The molecule has 0 unspecified atom stereocenters. The maximum Gasteiger partial charge on any atom is 0.184 e. The molecule has 3 N–H and O–H groups in total. The van der Waals surface area contributed by atoms with Crippen molar-refractivity contribution in [2.75, 3.05) is 0 Å². The van der Waals surface area contributed by atoms with Gasteiger partial charge in [0.2, 0.25) is 0 Å². The van der Waals surface area contributed by atoms with Gasteiger partial charge in [0, 0.05) is 5.71 Å². The lowest BCUT2D eigenvalue weighted by molar-refractivity contribution is 0.543. The molecule has 0 aromatic rings. The van der Waals surface area contributed by atoms with E-state index in [1.807, 2.05) is 0 Å². The summed E-state index contributed by atoms with van der Waals surface area (Å²) in [5, 5.41) is 4.57. The molecule has 0 aromatic heterocycles. The standard InChI is InChI=1S/C12H23N3S/c1-2-3-4-5-7-10-8-6-9-11(10)14-15-12(13)16/h10H,2-9H2,1H3,(H3,13,15,16)/b14-11+/t10-/m1/s1. The third kappa shape index (κ3) is 4.92. The van der Waals surface area contributed by atoms with Crippen LogP contribution < -0.4 is 11.2 Å². The Morgan fingerprint density at radius 2 is 2.31 bits per heavy atom. The SMILES string of the molecule is CCCCCC[C@@H]1CCC/C1=N\NC(N)=S. The topological polar surface area (TPSA) is 50.4 Å². The lowest BCUT2D eigenvalue weighted by Gasteiger charge is -2.10. The molecule has 4 heteroatoms. The van der Waals surface area contributed by atoms with Crippen LogP contribution in [0.4, 0.5) is 0 Å². The van der Waals surface area contributed by atoms with Crippen molar-refractivity contribution in [1.82, 2.24) is 5.43 Å². The van der Waals surface area contributed by atoms with E-state index in [0.29, 0.717) is 5.92 Å². The summed E-state index contributed by atoms with van der Waals surface area (Å²) in [5.41, 5.74) is 9.35. The Bertz CT molecular complexity index is 251. The van der Waals surface area contributed by atoms with E-state index in [1.165, 1.54) is 50.7 Å². The van der Waals surface area contributed by atoms with Crippen LogP contribution in [0.5, 0.6) is 0 Å². The van der Waals surface area contributed by atoms with Crippen molar-refractivity contribution in [3.63, 3.8) is 0 Å². The summed E-state index contributed by atoms with van der Waals surface area (Å²) in [6, 6.07) is 0. The Hall–Kier alpha value is -0.640. The van der Waals surface area contributed by atoms with E-state index in [9.17, 15) is 0 Å². The Morgan fingerprint density at radius 1 is 1.50 bits per heavy atom. The van der Waals surface area contributed by atoms with Gasteiger partial charge in [0.1, 0.15) is 0 Å². The van der Waals surface area contributed by atoms with Crippen LogP contribution >= 0.6 is 12.2 Å². The van der Waals surface area contributed by atoms with Crippen LogP contribution in [0.25, 0.3) is 0 Å². The van der Waals surface area contributed by atoms with Crippen molar-refractivity contribution in [3.05, 3.63) is 0 Å². The van der Waals surface area contributed by atoms with Crippen LogP contribution in [0.3, 0.4) is 0 Å². The molecular weight excluding hydrogens is 218 g/mol. The Labute approximate surface area is 104 Å². The number of nitrogens with two attached hydrogens (primary N) is 1. The maximum atomic E-state index is 5.37. The number of unbranched alkanes of at least 4 members (excludes halogenated alkanes) is 3. The van der Waals surface area contributed by atoms with Crippen molar-refractivity contribution in [3.8, 4) is 0 Å². The molecule has 0 aromatic carbocycles. The van der Waals surface area contributed by atoms with Crippen molar-refractivity contribution < 1.29 is 0 Å². The van der Waals surface area contributed by atoms with Gasteiger partial charge in [0.15, 0.2) is 5.11 Å². The lowest BCUT2D eigenvalue weighted by atomic mass is 9.98. The summed E-state index contributed by atoms with van der Waals surface area (Å²) in [5.74, 6) is 0.665. The fourth-order valence-corrected chi connectivity index (χ4v) is 2.35. The Morgan fingerprint density at radius 3 is 3.00 bits per heavy atom. The average molecular weight is 241 g/mol. The van der Waals surface area contributed by atoms with Crippen molar-refractivity contribution >= 4 is 23.0 Å². The van der Waals surface area contributed by atoms with Gasteiger partial charge in [-0.1, -0.05) is 32.6 Å². The fraction of sp³-hybridized carbons (Fsp3) is 0.833. The van der Waals surface area contributed by atoms with Gasteiger partial charge in [-0.2, -0.15) is 5.10 Å². The second-order valence-electron chi connectivity index (χ2n) is 4.52. The van der Waals surface area contributed by atoms with Gasteiger partial charge in [-0.15, -0.1) is 0 Å². The summed E-state index contributed by atoms with van der Waals surface area (Å²) in [4.78, 5) is 0. The van der Waals surface area contributed by atoms with E-state index in [2.05, 4.69) is 17.5 Å². The summed E-state index contributed by atoms with van der Waals surface area (Å²) in [6.07, 6.45) is 10.2. The molecule has 1 aliphatic rings. The minimum atomic E-state index is 0.268. The van der Waals surface area contributed by atoms with E-state index < -0.39 is 0 Å². The molecule has 1 aliphatic carbocycles. The largest absolute Gasteiger partial charge is 0.375 e. The van der Waals surface area contributed by atoms with E-state index in [0.717, 1.165) is 6.42 Å². The molecule has 0 aliphatic heterocycles. The molecule has 1 fully saturated rings. The maximum absolute atomic E-state index is 5.37. The molecule has 1 rings (SSSR count). The van der Waals surface area contributed by atoms with E-state index in [4.69, 9.17) is 18.0 Å². The van der Waals surface area contributed by atoms with Gasteiger partial charge >= 0.3 is 0 Å². The van der Waals surface area contributed by atoms with Gasteiger partial charge in [-0.25, -0.2) is 0 Å².